The number of aliphatic imine (C=N–C) groups is 1. The molecule has 0 spiro atoms. The molecule has 4 heterocycles. The Morgan fingerprint density at radius 3 is 2.40 bits per heavy atom. The maximum absolute atomic E-state index is 13.9. The number of pyridine rings is 1. The lowest BCUT2D eigenvalue weighted by Crippen LogP contribution is -2.47. The SMILES string of the molecule is O=C(Nc1ccc(C2SC(=Nc3ccc(N4CCOCC4)cc3)N(Cc3ccccn3)C2=O)cc1)[C@@H]1CCCN1C(=O)NCc1ccccc1. The number of anilines is 2. The van der Waals surface area contributed by atoms with Gasteiger partial charge in [-0.3, -0.25) is 19.5 Å². The van der Waals surface area contributed by atoms with Gasteiger partial charge in [-0.2, -0.15) is 0 Å². The molecule has 0 aliphatic carbocycles. The molecule has 7 rings (SSSR count). The fourth-order valence-electron chi connectivity index (χ4n) is 6.35. The highest BCUT2D eigenvalue weighted by atomic mass is 32.2. The van der Waals surface area contributed by atoms with E-state index in [1.165, 1.54) is 11.8 Å². The molecule has 3 aliphatic heterocycles. The number of carbonyl (C=O) groups is 3. The van der Waals surface area contributed by atoms with Crippen LogP contribution < -0.4 is 15.5 Å². The molecule has 11 nitrogen and oxygen atoms in total. The number of rotatable bonds is 9. The molecule has 4 amide bonds. The number of hydrogen-bond donors (Lipinski definition) is 2. The highest BCUT2D eigenvalue weighted by Crippen LogP contribution is 2.41. The number of likely N-dealkylation sites (tertiary alicyclic amines) is 1. The number of nitrogens with zero attached hydrogens (tertiary/aromatic N) is 5. The second kappa shape index (κ2) is 15.6. The molecule has 12 heteroatoms. The van der Waals surface area contributed by atoms with E-state index in [0.717, 1.165) is 47.7 Å². The maximum atomic E-state index is 13.9. The molecule has 0 bridgehead atoms. The van der Waals surface area contributed by atoms with Crippen molar-refractivity contribution in [3.05, 3.63) is 120 Å². The monoisotopic (exact) mass is 689 g/mol. The Labute approximate surface area is 295 Å². The zero-order chi connectivity index (χ0) is 34.3. The van der Waals surface area contributed by atoms with E-state index in [0.29, 0.717) is 50.1 Å². The first-order valence-electron chi connectivity index (χ1n) is 16.9. The summed E-state index contributed by atoms with van der Waals surface area (Å²) in [6, 6.07) is 29.9. The topological polar surface area (TPSA) is 119 Å². The predicted octanol–water partition coefficient (Wildman–Crippen LogP) is 5.74. The summed E-state index contributed by atoms with van der Waals surface area (Å²) in [5.41, 5.74) is 5.05. The third-order valence-corrected chi connectivity index (χ3v) is 10.3. The predicted molar refractivity (Wildman–Crippen MR) is 195 cm³/mol. The number of thioether (sulfide) groups is 1. The van der Waals surface area contributed by atoms with Gasteiger partial charge >= 0.3 is 6.03 Å². The van der Waals surface area contributed by atoms with Crippen molar-refractivity contribution in [2.24, 2.45) is 4.99 Å². The van der Waals surface area contributed by atoms with Crippen molar-refractivity contribution in [1.82, 2.24) is 20.1 Å². The lowest BCUT2D eigenvalue weighted by Gasteiger charge is -2.28. The minimum absolute atomic E-state index is 0.0794. The summed E-state index contributed by atoms with van der Waals surface area (Å²) in [5, 5.41) is 6.01. The first-order chi connectivity index (χ1) is 24.5. The van der Waals surface area contributed by atoms with Gasteiger partial charge < -0.3 is 25.2 Å². The highest BCUT2D eigenvalue weighted by molar-refractivity contribution is 8.15. The van der Waals surface area contributed by atoms with Crippen molar-refractivity contribution in [2.45, 2.75) is 37.2 Å². The van der Waals surface area contributed by atoms with Crippen LogP contribution in [0.3, 0.4) is 0 Å². The van der Waals surface area contributed by atoms with Gasteiger partial charge in [-0.1, -0.05) is 60.3 Å². The minimum atomic E-state index is -0.556. The molecule has 2 N–H and O–H groups in total. The third kappa shape index (κ3) is 7.82. The first-order valence-corrected chi connectivity index (χ1v) is 17.8. The number of aromatic nitrogens is 1. The van der Waals surface area contributed by atoms with Crippen LogP contribution in [0.1, 0.15) is 34.9 Å². The van der Waals surface area contributed by atoms with Crippen LogP contribution in [0.15, 0.2) is 108 Å². The number of benzene rings is 3. The van der Waals surface area contributed by atoms with Gasteiger partial charge in [0.05, 0.1) is 31.1 Å². The van der Waals surface area contributed by atoms with Gasteiger partial charge in [0.2, 0.25) is 11.8 Å². The van der Waals surface area contributed by atoms with Crippen molar-refractivity contribution in [1.29, 1.82) is 0 Å². The van der Waals surface area contributed by atoms with Gasteiger partial charge in [-0.05, 0) is 72.5 Å². The summed E-state index contributed by atoms with van der Waals surface area (Å²) in [5.74, 6) is -0.309. The van der Waals surface area contributed by atoms with Crippen molar-refractivity contribution in [3.63, 3.8) is 0 Å². The van der Waals surface area contributed by atoms with Crippen molar-refractivity contribution < 1.29 is 19.1 Å². The Bertz CT molecular complexity index is 1820. The smallest absolute Gasteiger partial charge is 0.318 e. The van der Waals surface area contributed by atoms with E-state index in [4.69, 9.17) is 9.73 Å². The fraction of sp³-hybridized carbons (Fsp3) is 0.289. The summed E-state index contributed by atoms with van der Waals surface area (Å²) < 4.78 is 5.48. The van der Waals surface area contributed by atoms with Crippen molar-refractivity contribution in [2.75, 3.05) is 43.1 Å². The van der Waals surface area contributed by atoms with E-state index >= 15 is 0 Å². The van der Waals surface area contributed by atoms with Crippen LogP contribution in [0.2, 0.25) is 0 Å². The summed E-state index contributed by atoms with van der Waals surface area (Å²) in [6.45, 7) is 4.36. The summed E-state index contributed by atoms with van der Waals surface area (Å²) in [4.78, 5) is 55.1. The van der Waals surface area contributed by atoms with E-state index in [9.17, 15) is 14.4 Å². The molecule has 3 aliphatic rings. The van der Waals surface area contributed by atoms with Crippen LogP contribution in [-0.2, 0) is 27.4 Å². The Balaban J connectivity index is 1.03. The minimum Gasteiger partial charge on any atom is -0.378 e. The summed E-state index contributed by atoms with van der Waals surface area (Å²) >= 11 is 1.41. The van der Waals surface area contributed by atoms with Gasteiger partial charge in [-0.25, -0.2) is 9.79 Å². The van der Waals surface area contributed by atoms with E-state index in [1.807, 2.05) is 72.8 Å². The van der Waals surface area contributed by atoms with Crippen LogP contribution in [0.4, 0.5) is 21.9 Å². The second-order valence-corrected chi connectivity index (χ2v) is 13.4. The van der Waals surface area contributed by atoms with Crippen LogP contribution in [0.5, 0.6) is 0 Å². The molecule has 1 unspecified atom stereocenters. The zero-order valence-electron chi connectivity index (χ0n) is 27.6. The van der Waals surface area contributed by atoms with Gasteiger partial charge in [-0.15, -0.1) is 0 Å². The van der Waals surface area contributed by atoms with E-state index in [-0.39, 0.29) is 17.8 Å². The van der Waals surface area contributed by atoms with E-state index in [1.54, 1.807) is 28.1 Å². The molecular formula is C38H39N7O4S. The van der Waals surface area contributed by atoms with Crippen molar-refractivity contribution >= 4 is 51.8 Å². The number of carbonyl (C=O) groups excluding carboxylic acids is 3. The van der Waals surface area contributed by atoms with Crippen LogP contribution in [0.25, 0.3) is 0 Å². The standard InChI is InChI=1S/C38H39N7O4S/c46-35(33-10-6-20-44(33)37(48)40-25-27-7-2-1-3-8-27)41-29-13-11-28(12-14-29)34-36(47)45(26-31-9-4-5-19-39-31)38(50-34)42-30-15-17-32(18-16-30)43-21-23-49-24-22-43/h1-5,7-9,11-19,33-34H,6,10,20-26H2,(H,40,48)(H,41,46)/t33-,34?/m0/s1. The molecule has 3 saturated heterocycles. The number of nitrogens with one attached hydrogen (secondary N) is 2. The molecule has 0 radical (unpaired) electrons. The average molecular weight is 690 g/mol. The average Bonchev–Trinajstić information content (AvgIpc) is 3.78. The van der Waals surface area contributed by atoms with Gasteiger partial charge in [0.15, 0.2) is 5.17 Å². The van der Waals surface area contributed by atoms with Gasteiger partial charge in [0.25, 0.3) is 0 Å². The zero-order valence-corrected chi connectivity index (χ0v) is 28.4. The summed E-state index contributed by atoms with van der Waals surface area (Å²) in [7, 11) is 0. The number of ether oxygens (including phenoxy) is 1. The molecular weight excluding hydrogens is 651 g/mol. The van der Waals surface area contributed by atoms with Crippen LogP contribution >= 0.6 is 11.8 Å². The molecule has 3 fully saturated rings. The maximum Gasteiger partial charge on any atom is 0.318 e. The van der Waals surface area contributed by atoms with Crippen LogP contribution in [-0.4, -0.2) is 76.7 Å². The molecule has 50 heavy (non-hydrogen) atoms. The molecule has 2 atom stereocenters. The Kier molecular flexibility index (Phi) is 10.4. The molecule has 4 aromatic rings. The highest BCUT2D eigenvalue weighted by Gasteiger charge is 2.39. The first kappa shape index (κ1) is 33.3. The fourth-order valence-corrected chi connectivity index (χ4v) is 7.52. The quantitative estimate of drug-likeness (QED) is 0.230. The molecule has 1 aromatic heterocycles. The summed E-state index contributed by atoms with van der Waals surface area (Å²) in [6.07, 6.45) is 3.07. The largest absolute Gasteiger partial charge is 0.378 e. The third-order valence-electron chi connectivity index (χ3n) is 9.03. The van der Waals surface area contributed by atoms with Crippen molar-refractivity contribution in [3.8, 4) is 0 Å². The number of hydrogen-bond acceptors (Lipinski definition) is 8. The Morgan fingerprint density at radius 1 is 0.900 bits per heavy atom. The second-order valence-electron chi connectivity index (χ2n) is 12.4. The molecule has 3 aromatic carbocycles. The Morgan fingerprint density at radius 2 is 1.66 bits per heavy atom. The number of amidine groups is 1. The number of morpholine rings is 1. The van der Waals surface area contributed by atoms with E-state index < -0.39 is 11.3 Å². The number of urea groups is 1. The Hall–Kier alpha value is -5.20. The number of amides is 4. The molecule has 0 saturated carbocycles. The normalized spacial score (nSPS) is 20.0. The molecule has 256 valence electrons. The lowest BCUT2D eigenvalue weighted by atomic mass is 10.1. The van der Waals surface area contributed by atoms with Gasteiger partial charge in [0, 0.05) is 43.8 Å². The van der Waals surface area contributed by atoms with Gasteiger partial charge in [0.1, 0.15) is 11.3 Å². The van der Waals surface area contributed by atoms with E-state index in [2.05, 4.69) is 32.7 Å². The van der Waals surface area contributed by atoms with Crippen LogP contribution in [0, 0.1) is 0 Å². The lowest BCUT2D eigenvalue weighted by molar-refractivity contribution is -0.126.